The molecule has 20 heavy (non-hydrogen) atoms. The number of amides is 1. The summed E-state index contributed by atoms with van der Waals surface area (Å²) in [6, 6.07) is 1.72. The Morgan fingerprint density at radius 3 is 2.20 bits per heavy atom. The second-order valence-corrected chi connectivity index (χ2v) is 3.48. The van der Waals surface area contributed by atoms with Gasteiger partial charge in [0.2, 0.25) is 0 Å². The van der Waals surface area contributed by atoms with E-state index in [1.807, 2.05) is 0 Å². The minimum atomic E-state index is -5.29. The number of halogens is 6. The molecule has 1 rings (SSSR count). The summed E-state index contributed by atoms with van der Waals surface area (Å²) in [4.78, 5) is 11.0. The van der Waals surface area contributed by atoms with E-state index < -0.39 is 35.3 Å². The van der Waals surface area contributed by atoms with Gasteiger partial charge in [0.05, 0.1) is 23.4 Å². The van der Waals surface area contributed by atoms with Crippen molar-refractivity contribution in [2.45, 2.75) is 12.4 Å². The summed E-state index contributed by atoms with van der Waals surface area (Å²) in [6.07, 6.45) is -11.8. The number of carbonyl (C=O) groups excluding carboxylic acids is 1. The summed E-state index contributed by atoms with van der Waals surface area (Å²) in [5.74, 6) is 0. The van der Waals surface area contributed by atoms with Crippen LogP contribution in [0, 0.1) is 6.92 Å². The minimum Gasteiger partial charge on any atom is -0.449 e. The minimum absolute atomic E-state index is 0.278. The lowest BCUT2D eigenvalue weighted by Crippen LogP contribution is -2.22. The van der Waals surface area contributed by atoms with Crippen LogP contribution in [0.4, 0.5) is 36.8 Å². The molecule has 0 atom stereocenters. The first kappa shape index (κ1) is 16.1. The number of alkyl halides is 6. The van der Waals surface area contributed by atoms with Crippen molar-refractivity contribution in [3.8, 4) is 0 Å². The zero-order chi connectivity index (χ0) is 15.6. The molecular formula is C11H8F6NO2. The van der Waals surface area contributed by atoms with Gasteiger partial charge >= 0.3 is 18.4 Å². The molecule has 0 aliphatic heterocycles. The molecular weight excluding hydrogens is 292 g/mol. The molecule has 9 heteroatoms. The summed E-state index contributed by atoms with van der Waals surface area (Å²) in [7, 11) is 0. The molecule has 0 aliphatic carbocycles. The first-order valence-corrected chi connectivity index (χ1v) is 5.07. The van der Waals surface area contributed by atoms with Crippen molar-refractivity contribution in [3.63, 3.8) is 0 Å². The Bertz CT molecular complexity index is 495. The van der Waals surface area contributed by atoms with Gasteiger partial charge < -0.3 is 4.74 Å². The van der Waals surface area contributed by atoms with E-state index in [0.29, 0.717) is 6.07 Å². The van der Waals surface area contributed by atoms with Gasteiger partial charge in [0.1, 0.15) is 0 Å². The standard InChI is InChI=1S/C11H8F6NO2/c1-2-20-9(19)18-7-5-3-4-6(10(12,13)14)8(7)11(15,16)17/h3-5H,1-2H2,(H,18,19). The number of anilines is 1. The molecule has 0 unspecified atom stereocenters. The maximum atomic E-state index is 12.8. The number of rotatable bonds is 2. The smallest absolute Gasteiger partial charge is 0.419 e. The summed E-state index contributed by atoms with van der Waals surface area (Å²) in [5, 5.41) is 1.61. The van der Waals surface area contributed by atoms with Gasteiger partial charge in [-0.25, -0.2) is 4.79 Å². The first-order valence-electron chi connectivity index (χ1n) is 5.07. The zero-order valence-corrected chi connectivity index (χ0v) is 9.73. The second-order valence-electron chi connectivity index (χ2n) is 3.48. The molecule has 1 aromatic rings. The van der Waals surface area contributed by atoms with Crippen LogP contribution in [0.2, 0.25) is 0 Å². The molecule has 0 aliphatic rings. The lowest BCUT2D eigenvalue weighted by molar-refractivity contribution is -0.161. The molecule has 1 radical (unpaired) electrons. The normalized spacial score (nSPS) is 12.2. The van der Waals surface area contributed by atoms with Crippen molar-refractivity contribution in [2.75, 3.05) is 11.9 Å². The Balaban J connectivity index is 3.35. The lowest BCUT2D eigenvalue weighted by Gasteiger charge is -2.19. The number of carbonyl (C=O) groups is 1. The Kier molecular flexibility index (Phi) is 4.51. The predicted octanol–water partition coefficient (Wildman–Crippen LogP) is 4.11. The molecule has 0 spiro atoms. The van der Waals surface area contributed by atoms with Crippen LogP contribution < -0.4 is 5.32 Å². The van der Waals surface area contributed by atoms with E-state index in [9.17, 15) is 31.1 Å². The predicted molar refractivity (Wildman–Crippen MR) is 56.8 cm³/mol. The van der Waals surface area contributed by atoms with Gasteiger partial charge in [-0.05, 0) is 19.1 Å². The van der Waals surface area contributed by atoms with E-state index >= 15 is 0 Å². The fourth-order valence-electron chi connectivity index (χ4n) is 1.44. The number of benzene rings is 1. The molecule has 0 heterocycles. The Hall–Kier alpha value is -1.93. The Labute approximate surface area is 109 Å². The van der Waals surface area contributed by atoms with E-state index in [0.717, 1.165) is 6.07 Å². The van der Waals surface area contributed by atoms with Crippen LogP contribution in [0.3, 0.4) is 0 Å². The Morgan fingerprint density at radius 2 is 1.75 bits per heavy atom. The van der Waals surface area contributed by atoms with E-state index in [2.05, 4.69) is 11.7 Å². The van der Waals surface area contributed by atoms with Crippen LogP contribution in [-0.4, -0.2) is 12.7 Å². The highest BCUT2D eigenvalue weighted by Gasteiger charge is 2.45. The summed E-state index contributed by atoms with van der Waals surface area (Å²) >= 11 is 0. The third-order valence-corrected chi connectivity index (χ3v) is 2.12. The second kappa shape index (κ2) is 5.59. The van der Waals surface area contributed by atoms with Crippen LogP contribution in [-0.2, 0) is 17.1 Å². The third kappa shape index (κ3) is 3.78. The Morgan fingerprint density at radius 1 is 1.15 bits per heavy atom. The van der Waals surface area contributed by atoms with Gasteiger partial charge in [-0.15, -0.1) is 0 Å². The van der Waals surface area contributed by atoms with Crippen molar-refractivity contribution in [1.82, 2.24) is 0 Å². The van der Waals surface area contributed by atoms with Gasteiger partial charge in [-0.3, -0.25) is 5.32 Å². The van der Waals surface area contributed by atoms with Crippen LogP contribution in [0.1, 0.15) is 11.1 Å². The highest BCUT2D eigenvalue weighted by Crippen LogP contribution is 2.43. The third-order valence-electron chi connectivity index (χ3n) is 2.12. The first-order chi connectivity index (χ1) is 9.07. The van der Waals surface area contributed by atoms with Crippen LogP contribution in [0.15, 0.2) is 18.2 Å². The van der Waals surface area contributed by atoms with Crippen LogP contribution in [0.5, 0.6) is 0 Å². The van der Waals surface area contributed by atoms with Crippen LogP contribution in [0.25, 0.3) is 0 Å². The quantitative estimate of drug-likeness (QED) is 0.835. The molecule has 0 bridgehead atoms. The average molecular weight is 300 g/mol. The molecule has 0 fully saturated rings. The monoisotopic (exact) mass is 300 g/mol. The molecule has 1 aromatic carbocycles. The van der Waals surface area contributed by atoms with E-state index in [1.54, 1.807) is 5.32 Å². The molecule has 0 aromatic heterocycles. The van der Waals surface area contributed by atoms with Gasteiger partial charge in [0.25, 0.3) is 0 Å². The molecule has 0 saturated carbocycles. The van der Waals surface area contributed by atoms with E-state index in [-0.39, 0.29) is 12.7 Å². The highest BCUT2D eigenvalue weighted by atomic mass is 19.4. The number of hydrogen-bond acceptors (Lipinski definition) is 2. The van der Waals surface area contributed by atoms with Crippen molar-refractivity contribution in [3.05, 3.63) is 36.2 Å². The summed E-state index contributed by atoms with van der Waals surface area (Å²) < 4.78 is 80.3. The maximum absolute atomic E-state index is 12.8. The van der Waals surface area contributed by atoms with Crippen molar-refractivity contribution >= 4 is 11.8 Å². The van der Waals surface area contributed by atoms with Crippen molar-refractivity contribution in [1.29, 1.82) is 0 Å². The number of ether oxygens (including phenoxy) is 1. The van der Waals surface area contributed by atoms with Gasteiger partial charge in [-0.2, -0.15) is 26.3 Å². The molecule has 1 N–H and O–H groups in total. The maximum Gasteiger partial charge on any atom is 0.419 e. The molecule has 3 nitrogen and oxygen atoms in total. The SMILES string of the molecule is [CH2]COC(=O)Nc1cccc(C(F)(F)F)c1C(F)(F)F. The number of nitrogens with one attached hydrogen (secondary N) is 1. The molecule has 0 saturated heterocycles. The van der Waals surface area contributed by atoms with Gasteiger partial charge in [0, 0.05) is 0 Å². The van der Waals surface area contributed by atoms with Gasteiger partial charge in [-0.1, -0.05) is 6.07 Å². The van der Waals surface area contributed by atoms with Gasteiger partial charge in [0.15, 0.2) is 0 Å². The van der Waals surface area contributed by atoms with Crippen molar-refractivity contribution in [2.24, 2.45) is 0 Å². The summed E-state index contributed by atoms with van der Waals surface area (Å²) in [5.41, 5.74) is -4.91. The highest BCUT2D eigenvalue weighted by molar-refractivity contribution is 5.86. The van der Waals surface area contributed by atoms with Crippen molar-refractivity contribution < 1.29 is 35.9 Å². The zero-order valence-electron chi connectivity index (χ0n) is 9.73. The van der Waals surface area contributed by atoms with E-state index in [4.69, 9.17) is 0 Å². The average Bonchev–Trinajstić information content (AvgIpc) is 2.26. The summed E-state index contributed by atoms with van der Waals surface area (Å²) in [6.45, 7) is 2.73. The lowest BCUT2D eigenvalue weighted by atomic mass is 10.0. The fraction of sp³-hybridized carbons (Fsp3) is 0.273. The molecule has 1 amide bonds. The fourth-order valence-corrected chi connectivity index (χ4v) is 1.44. The molecule has 111 valence electrons. The number of hydrogen-bond donors (Lipinski definition) is 1. The topological polar surface area (TPSA) is 38.3 Å². The van der Waals surface area contributed by atoms with Crippen LogP contribution >= 0.6 is 0 Å². The largest absolute Gasteiger partial charge is 0.449 e. The van der Waals surface area contributed by atoms with E-state index in [1.165, 1.54) is 0 Å².